The highest BCUT2D eigenvalue weighted by Gasteiger charge is 2.21. The molecule has 0 saturated heterocycles. The third kappa shape index (κ3) is 3.26. The summed E-state index contributed by atoms with van der Waals surface area (Å²) in [6, 6.07) is 9.01. The van der Waals surface area contributed by atoms with Crippen molar-refractivity contribution in [3.05, 3.63) is 62.1 Å². The maximum Gasteiger partial charge on any atom is 0.283 e. The number of hydrogen-bond donors (Lipinski definition) is 1. The van der Waals surface area contributed by atoms with Crippen LogP contribution in [0.25, 0.3) is 10.2 Å². The summed E-state index contributed by atoms with van der Waals surface area (Å²) < 4.78 is 0.804. The molecular weight excluding hydrogens is 361 g/mol. The fourth-order valence-corrected chi connectivity index (χ4v) is 3.27. The third-order valence-corrected chi connectivity index (χ3v) is 4.38. The van der Waals surface area contributed by atoms with E-state index in [0.29, 0.717) is 15.7 Å². The van der Waals surface area contributed by atoms with Crippen LogP contribution in [0, 0.1) is 10.1 Å². The van der Waals surface area contributed by atoms with E-state index in [1.165, 1.54) is 23.5 Å². The normalized spacial score (nSPS) is 10.7. The molecule has 0 atom stereocenters. The smallest absolute Gasteiger partial charge is 0.283 e. The number of halogens is 2. The van der Waals surface area contributed by atoms with E-state index >= 15 is 0 Å². The van der Waals surface area contributed by atoms with Crippen LogP contribution >= 0.6 is 34.5 Å². The van der Waals surface area contributed by atoms with E-state index in [0.717, 1.165) is 10.8 Å². The van der Waals surface area contributed by atoms with Crippen LogP contribution in [0.2, 0.25) is 10.0 Å². The first-order valence-electron chi connectivity index (χ1n) is 6.25. The first kappa shape index (κ1) is 15.7. The van der Waals surface area contributed by atoms with E-state index in [1.54, 1.807) is 18.2 Å². The highest BCUT2D eigenvalue weighted by molar-refractivity contribution is 7.22. The maximum atomic E-state index is 12.3. The molecular formula is C14H7Cl2N3O3S. The molecule has 0 bridgehead atoms. The lowest BCUT2D eigenvalue weighted by Gasteiger charge is -2.03. The second-order valence-electron chi connectivity index (χ2n) is 4.50. The minimum Gasteiger partial charge on any atom is -0.298 e. The average molecular weight is 368 g/mol. The number of nitro groups is 1. The number of fused-ring (bicyclic) bond motifs is 1. The highest BCUT2D eigenvalue weighted by atomic mass is 35.5. The molecule has 0 aliphatic rings. The van der Waals surface area contributed by atoms with E-state index in [-0.39, 0.29) is 16.3 Å². The average Bonchev–Trinajstić information content (AvgIpc) is 2.88. The zero-order valence-corrected chi connectivity index (χ0v) is 13.6. The fourth-order valence-electron chi connectivity index (χ4n) is 1.96. The molecule has 9 heteroatoms. The summed E-state index contributed by atoms with van der Waals surface area (Å²) in [6.07, 6.45) is 0. The van der Waals surface area contributed by atoms with Gasteiger partial charge in [-0.25, -0.2) is 4.98 Å². The molecule has 23 heavy (non-hydrogen) atoms. The Hall–Kier alpha value is -2.22. The molecule has 3 aromatic rings. The van der Waals surface area contributed by atoms with E-state index in [4.69, 9.17) is 23.2 Å². The van der Waals surface area contributed by atoms with Crippen LogP contribution in [0.3, 0.4) is 0 Å². The van der Waals surface area contributed by atoms with Crippen molar-refractivity contribution in [2.75, 3.05) is 5.32 Å². The van der Waals surface area contributed by atoms with Gasteiger partial charge < -0.3 is 0 Å². The molecule has 116 valence electrons. The topological polar surface area (TPSA) is 85.1 Å². The van der Waals surface area contributed by atoms with Gasteiger partial charge in [0.25, 0.3) is 11.6 Å². The van der Waals surface area contributed by atoms with Gasteiger partial charge in [0.1, 0.15) is 5.56 Å². The van der Waals surface area contributed by atoms with Crippen molar-refractivity contribution in [1.29, 1.82) is 0 Å². The highest BCUT2D eigenvalue weighted by Crippen LogP contribution is 2.29. The molecule has 0 unspecified atom stereocenters. The molecule has 1 heterocycles. The molecule has 3 rings (SSSR count). The summed E-state index contributed by atoms with van der Waals surface area (Å²) in [4.78, 5) is 26.9. The minimum atomic E-state index is -0.654. The molecule has 0 saturated carbocycles. The number of thiazole rings is 1. The molecule has 0 fully saturated rings. The molecule has 1 N–H and O–H groups in total. The van der Waals surface area contributed by atoms with Crippen molar-refractivity contribution >= 4 is 61.5 Å². The molecule has 1 amide bonds. The number of aromatic nitrogens is 1. The molecule has 0 spiro atoms. The largest absolute Gasteiger partial charge is 0.298 e. The number of anilines is 1. The zero-order chi connectivity index (χ0) is 16.6. The first-order valence-corrected chi connectivity index (χ1v) is 7.82. The van der Waals surface area contributed by atoms with E-state index in [2.05, 4.69) is 10.3 Å². The Bertz CT molecular complexity index is 942. The molecule has 0 aliphatic heterocycles. The van der Waals surface area contributed by atoms with Crippen LogP contribution in [-0.2, 0) is 0 Å². The van der Waals surface area contributed by atoms with Crippen molar-refractivity contribution in [3.8, 4) is 0 Å². The van der Waals surface area contributed by atoms with Gasteiger partial charge in [0.15, 0.2) is 5.13 Å². The van der Waals surface area contributed by atoms with Gasteiger partial charge in [-0.1, -0.05) is 34.5 Å². The van der Waals surface area contributed by atoms with E-state index in [1.807, 2.05) is 0 Å². The van der Waals surface area contributed by atoms with Crippen molar-refractivity contribution < 1.29 is 9.72 Å². The van der Waals surface area contributed by atoms with E-state index in [9.17, 15) is 14.9 Å². The van der Waals surface area contributed by atoms with Gasteiger partial charge >= 0.3 is 0 Å². The van der Waals surface area contributed by atoms with Crippen LogP contribution in [0.5, 0.6) is 0 Å². The first-order chi connectivity index (χ1) is 10.9. The van der Waals surface area contributed by atoms with E-state index < -0.39 is 10.8 Å². The summed E-state index contributed by atoms with van der Waals surface area (Å²) in [6.45, 7) is 0. The summed E-state index contributed by atoms with van der Waals surface area (Å²) in [5.41, 5.74) is 0.233. The van der Waals surface area contributed by atoms with Gasteiger partial charge in [0, 0.05) is 16.1 Å². The van der Waals surface area contributed by atoms with Gasteiger partial charge in [0.2, 0.25) is 0 Å². The quantitative estimate of drug-likeness (QED) is 0.533. The number of rotatable bonds is 3. The maximum absolute atomic E-state index is 12.3. The molecule has 1 aromatic heterocycles. The van der Waals surface area contributed by atoms with Gasteiger partial charge in [0.05, 0.1) is 15.1 Å². The lowest BCUT2D eigenvalue weighted by molar-refractivity contribution is -0.385. The second-order valence-corrected chi connectivity index (χ2v) is 6.41. The predicted molar refractivity (Wildman–Crippen MR) is 90.7 cm³/mol. The Balaban J connectivity index is 1.93. The SMILES string of the molecule is O=C(Nc1nc2ccc(Cl)cc2s1)c1ccc(Cl)cc1[N+](=O)[O-]. The van der Waals surface area contributed by atoms with Crippen molar-refractivity contribution in [1.82, 2.24) is 4.98 Å². The second kappa shape index (κ2) is 6.11. The van der Waals surface area contributed by atoms with Crippen LogP contribution in [0.15, 0.2) is 36.4 Å². The van der Waals surface area contributed by atoms with Crippen LogP contribution < -0.4 is 5.32 Å². The van der Waals surface area contributed by atoms with Crippen LogP contribution in [0.4, 0.5) is 10.8 Å². The summed E-state index contributed by atoms with van der Waals surface area (Å²) in [5.74, 6) is -0.626. The number of nitrogens with zero attached hydrogens (tertiary/aromatic N) is 2. The summed E-state index contributed by atoms with van der Waals surface area (Å²) >= 11 is 12.9. The van der Waals surface area contributed by atoms with Crippen molar-refractivity contribution in [2.45, 2.75) is 0 Å². The van der Waals surface area contributed by atoms with Crippen molar-refractivity contribution in [3.63, 3.8) is 0 Å². The monoisotopic (exact) mass is 367 g/mol. The Morgan fingerprint density at radius 2 is 1.87 bits per heavy atom. The number of nitrogens with one attached hydrogen (secondary N) is 1. The van der Waals surface area contributed by atoms with Gasteiger partial charge in [-0.2, -0.15) is 0 Å². The molecule has 0 radical (unpaired) electrons. The van der Waals surface area contributed by atoms with Crippen molar-refractivity contribution in [2.24, 2.45) is 0 Å². The lowest BCUT2D eigenvalue weighted by atomic mass is 10.1. The van der Waals surface area contributed by atoms with Gasteiger partial charge in [-0.15, -0.1) is 0 Å². The number of nitro benzene ring substituents is 1. The molecule has 2 aromatic carbocycles. The summed E-state index contributed by atoms with van der Waals surface area (Å²) in [7, 11) is 0. The minimum absolute atomic E-state index is 0.0864. The molecule has 0 aliphatic carbocycles. The third-order valence-electron chi connectivity index (χ3n) is 2.97. The van der Waals surface area contributed by atoms with Crippen LogP contribution in [0.1, 0.15) is 10.4 Å². The molecule has 6 nitrogen and oxygen atoms in total. The lowest BCUT2D eigenvalue weighted by Crippen LogP contribution is -2.13. The number of amides is 1. The Labute approximate surface area is 143 Å². The number of carbonyl (C=O) groups is 1. The fraction of sp³-hybridized carbons (Fsp3) is 0. The predicted octanol–water partition coefficient (Wildman–Crippen LogP) is 4.76. The number of carbonyl (C=O) groups excluding carboxylic acids is 1. The Morgan fingerprint density at radius 3 is 2.61 bits per heavy atom. The number of hydrogen-bond acceptors (Lipinski definition) is 5. The Morgan fingerprint density at radius 1 is 1.17 bits per heavy atom. The standard InChI is InChI=1S/C14H7Cl2N3O3S/c15-7-1-3-9(11(5-7)19(21)22)13(20)18-14-17-10-4-2-8(16)6-12(10)23-14/h1-6H,(H,17,18,20). The van der Waals surface area contributed by atoms with Crippen LogP contribution in [-0.4, -0.2) is 15.8 Å². The number of benzene rings is 2. The van der Waals surface area contributed by atoms with Gasteiger partial charge in [-0.05, 0) is 30.3 Å². The zero-order valence-electron chi connectivity index (χ0n) is 11.2. The summed E-state index contributed by atoms with van der Waals surface area (Å²) in [5, 5.41) is 14.7. The Kier molecular flexibility index (Phi) is 4.16. The van der Waals surface area contributed by atoms with Gasteiger partial charge in [-0.3, -0.25) is 20.2 Å².